The van der Waals surface area contributed by atoms with E-state index in [1.54, 1.807) is 6.07 Å². The number of carbonyl (C=O) groups excluding carboxylic acids is 1. The van der Waals surface area contributed by atoms with E-state index in [1.807, 2.05) is 0 Å². The maximum Gasteiger partial charge on any atom is 0.420 e. The lowest BCUT2D eigenvalue weighted by atomic mass is 10.0. The Hall–Kier alpha value is -2.23. The Labute approximate surface area is 101 Å². The van der Waals surface area contributed by atoms with Crippen LogP contribution < -0.4 is 4.74 Å². The van der Waals surface area contributed by atoms with Gasteiger partial charge in [-0.05, 0) is 12.1 Å². The molecular weight excluding hydrogens is 251 g/mol. The number of methoxy groups -OCH3 is 2. The van der Waals surface area contributed by atoms with E-state index in [4.69, 9.17) is 5.26 Å². The normalized spacial score (nSPS) is 10.7. The smallest absolute Gasteiger partial charge is 0.420 e. The molecule has 0 unspecified atom stereocenters. The van der Waals surface area contributed by atoms with Crippen LogP contribution in [0.2, 0.25) is 0 Å². The predicted molar refractivity (Wildman–Crippen MR) is 54.1 cm³/mol. The van der Waals surface area contributed by atoms with Crippen LogP contribution in [0.1, 0.15) is 21.5 Å². The van der Waals surface area contributed by atoms with Crippen LogP contribution in [0.3, 0.4) is 0 Å². The van der Waals surface area contributed by atoms with E-state index in [9.17, 15) is 18.0 Å². The first-order valence-electron chi connectivity index (χ1n) is 4.62. The van der Waals surface area contributed by atoms with Crippen LogP contribution >= 0.6 is 0 Å². The summed E-state index contributed by atoms with van der Waals surface area (Å²) in [7, 11) is 2.05. The van der Waals surface area contributed by atoms with Crippen molar-refractivity contribution in [3.05, 3.63) is 28.8 Å². The van der Waals surface area contributed by atoms with Gasteiger partial charge in [-0.3, -0.25) is 0 Å². The van der Waals surface area contributed by atoms with Crippen molar-refractivity contribution < 1.29 is 27.4 Å². The second-order valence-electron chi connectivity index (χ2n) is 3.21. The van der Waals surface area contributed by atoms with Crippen molar-refractivity contribution in [1.29, 1.82) is 5.26 Å². The number of hydrogen-bond donors (Lipinski definition) is 0. The molecule has 96 valence electrons. The zero-order chi connectivity index (χ0) is 13.9. The summed E-state index contributed by atoms with van der Waals surface area (Å²) in [5, 5.41) is 8.77. The van der Waals surface area contributed by atoms with Crippen molar-refractivity contribution in [2.75, 3.05) is 14.2 Å². The molecule has 0 aliphatic carbocycles. The molecule has 0 amide bonds. The number of nitrogens with zero attached hydrogens (tertiary/aromatic N) is 1. The van der Waals surface area contributed by atoms with Gasteiger partial charge in [-0.25, -0.2) is 4.79 Å². The summed E-state index contributed by atoms with van der Waals surface area (Å²) < 4.78 is 47.2. The Balaban J connectivity index is 3.57. The third kappa shape index (κ3) is 2.53. The fraction of sp³-hybridized carbons (Fsp3) is 0.273. The van der Waals surface area contributed by atoms with Gasteiger partial charge in [-0.2, -0.15) is 18.4 Å². The molecule has 4 nitrogen and oxygen atoms in total. The van der Waals surface area contributed by atoms with Gasteiger partial charge in [0.1, 0.15) is 11.8 Å². The molecule has 0 heterocycles. The zero-order valence-electron chi connectivity index (χ0n) is 9.46. The molecule has 0 saturated carbocycles. The number of benzene rings is 1. The Morgan fingerprint density at radius 3 is 2.33 bits per heavy atom. The van der Waals surface area contributed by atoms with Crippen molar-refractivity contribution in [1.82, 2.24) is 0 Å². The SMILES string of the molecule is COC(=O)c1cc(C#N)c(OC)c(C(F)(F)F)c1. The van der Waals surface area contributed by atoms with Crippen LogP contribution in [0, 0.1) is 11.3 Å². The van der Waals surface area contributed by atoms with Crippen molar-refractivity contribution in [2.45, 2.75) is 6.18 Å². The highest BCUT2D eigenvalue weighted by Gasteiger charge is 2.36. The highest BCUT2D eigenvalue weighted by molar-refractivity contribution is 5.90. The van der Waals surface area contributed by atoms with Gasteiger partial charge in [0.05, 0.1) is 30.9 Å². The van der Waals surface area contributed by atoms with Gasteiger partial charge >= 0.3 is 12.1 Å². The first-order valence-corrected chi connectivity index (χ1v) is 4.62. The van der Waals surface area contributed by atoms with Crippen LogP contribution in [0.4, 0.5) is 13.2 Å². The van der Waals surface area contributed by atoms with Crippen molar-refractivity contribution in [3.63, 3.8) is 0 Å². The maximum absolute atomic E-state index is 12.8. The number of esters is 1. The zero-order valence-corrected chi connectivity index (χ0v) is 9.46. The highest BCUT2D eigenvalue weighted by Crippen LogP contribution is 2.38. The molecule has 0 N–H and O–H groups in total. The average Bonchev–Trinajstić information content (AvgIpc) is 2.34. The minimum Gasteiger partial charge on any atom is -0.495 e. The van der Waals surface area contributed by atoms with E-state index in [0.29, 0.717) is 6.07 Å². The van der Waals surface area contributed by atoms with Crippen molar-refractivity contribution in [3.8, 4) is 11.8 Å². The van der Waals surface area contributed by atoms with Crippen molar-refractivity contribution >= 4 is 5.97 Å². The summed E-state index contributed by atoms with van der Waals surface area (Å²) in [5.74, 6) is -1.57. The topological polar surface area (TPSA) is 59.3 Å². The second-order valence-corrected chi connectivity index (χ2v) is 3.21. The number of ether oxygens (including phenoxy) is 2. The third-order valence-corrected chi connectivity index (χ3v) is 2.14. The van der Waals surface area contributed by atoms with E-state index in [-0.39, 0.29) is 11.1 Å². The lowest BCUT2D eigenvalue weighted by Crippen LogP contribution is -2.12. The summed E-state index contributed by atoms with van der Waals surface area (Å²) >= 11 is 0. The Morgan fingerprint density at radius 1 is 1.33 bits per heavy atom. The Bertz CT molecular complexity index is 517. The van der Waals surface area contributed by atoms with Crippen LogP contribution in [0.15, 0.2) is 12.1 Å². The molecule has 0 atom stereocenters. The second kappa shape index (κ2) is 4.96. The molecule has 7 heteroatoms. The summed E-state index contributed by atoms with van der Waals surface area (Å²) in [5.41, 5.74) is -1.93. The predicted octanol–water partition coefficient (Wildman–Crippen LogP) is 2.37. The van der Waals surface area contributed by atoms with Crippen LogP contribution in [-0.4, -0.2) is 20.2 Å². The minimum absolute atomic E-state index is 0.359. The van der Waals surface area contributed by atoms with Crippen molar-refractivity contribution in [2.24, 2.45) is 0 Å². The lowest BCUT2D eigenvalue weighted by Gasteiger charge is -2.14. The number of halogens is 3. The van der Waals surface area contributed by atoms with E-state index < -0.39 is 23.5 Å². The Morgan fingerprint density at radius 2 is 1.94 bits per heavy atom. The molecule has 0 spiro atoms. The fourth-order valence-electron chi connectivity index (χ4n) is 1.38. The first kappa shape index (κ1) is 13.8. The first-order chi connectivity index (χ1) is 8.35. The lowest BCUT2D eigenvalue weighted by molar-refractivity contribution is -0.138. The average molecular weight is 259 g/mol. The number of alkyl halides is 3. The highest BCUT2D eigenvalue weighted by atomic mass is 19.4. The van der Waals surface area contributed by atoms with E-state index >= 15 is 0 Å². The molecule has 1 rings (SSSR count). The van der Waals surface area contributed by atoms with Crippen LogP contribution in [-0.2, 0) is 10.9 Å². The molecular formula is C11H8F3NO3. The number of carbonyl (C=O) groups is 1. The molecule has 1 aromatic rings. The molecule has 0 aliphatic heterocycles. The summed E-state index contributed by atoms with van der Waals surface area (Å²) in [6.45, 7) is 0. The molecule has 0 radical (unpaired) electrons. The van der Waals surface area contributed by atoms with Crippen LogP contribution in [0.5, 0.6) is 5.75 Å². The fourth-order valence-corrected chi connectivity index (χ4v) is 1.38. The quantitative estimate of drug-likeness (QED) is 0.765. The molecule has 0 fully saturated rings. The molecule has 18 heavy (non-hydrogen) atoms. The number of hydrogen-bond acceptors (Lipinski definition) is 4. The maximum atomic E-state index is 12.8. The third-order valence-electron chi connectivity index (χ3n) is 2.14. The standard InChI is InChI=1S/C11H8F3NO3/c1-17-9-7(5-15)3-6(10(16)18-2)4-8(9)11(12,13)14/h3-4H,1-2H3. The van der Waals surface area contributed by atoms with E-state index in [2.05, 4.69) is 9.47 Å². The van der Waals surface area contributed by atoms with Gasteiger partial charge in [-0.1, -0.05) is 0 Å². The molecule has 1 aromatic carbocycles. The van der Waals surface area contributed by atoms with Gasteiger partial charge in [-0.15, -0.1) is 0 Å². The van der Waals surface area contributed by atoms with Gasteiger partial charge in [0.2, 0.25) is 0 Å². The Kier molecular flexibility index (Phi) is 3.81. The number of nitriles is 1. The number of rotatable bonds is 2. The molecule has 0 aliphatic rings. The van der Waals surface area contributed by atoms with Gasteiger partial charge < -0.3 is 9.47 Å². The van der Waals surface area contributed by atoms with E-state index in [1.165, 1.54) is 0 Å². The van der Waals surface area contributed by atoms with Gasteiger partial charge in [0.25, 0.3) is 0 Å². The molecule has 0 aromatic heterocycles. The van der Waals surface area contributed by atoms with Gasteiger partial charge in [0.15, 0.2) is 0 Å². The summed E-state index contributed by atoms with van der Waals surface area (Å²) in [6.07, 6.45) is -4.74. The summed E-state index contributed by atoms with van der Waals surface area (Å²) in [6, 6.07) is 3.12. The summed E-state index contributed by atoms with van der Waals surface area (Å²) in [4.78, 5) is 11.2. The van der Waals surface area contributed by atoms with Crippen LogP contribution in [0.25, 0.3) is 0 Å². The van der Waals surface area contributed by atoms with E-state index in [0.717, 1.165) is 20.3 Å². The minimum atomic E-state index is -4.74. The molecule has 0 bridgehead atoms. The molecule has 0 saturated heterocycles. The largest absolute Gasteiger partial charge is 0.495 e. The monoisotopic (exact) mass is 259 g/mol. The van der Waals surface area contributed by atoms with Gasteiger partial charge in [0, 0.05) is 0 Å².